The van der Waals surface area contributed by atoms with E-state index >= 15 is 0 Å². The maximum atomic E-state index is 13.2. The van der Waals surface area contributed by atoms with Crippen LogP contribution in [0.3, 0.4) is 0 Å². The highest BCUT2D eigenvalue weighted by atomic mass is 35.5. The molecule has 0 saturated carbocycles. The second-order valence-corrected chi connectivity index (χ2v) is 8.73. The van der Waals surface area contributed by atoms with Gasteiger partial charge in [0.05, 0.1) is 28.3 Å². The van der Waals surface area contributed by atoms with Gasteiger partial charge < -0.3 is 14.2 Å². The largest absolute Gasteiger partial charge is 0.467 e. The minimum atomic E-state index is -3.98. The van der Waals surface area contributed by atoms with E-state index in [4.69, 9.17) is 32.0 Å². The molecule has 1 N–H and O–H groups in total. The Kier molecular flexibility index (Phi) is 5.36. The summed E-state index contributed by atoms with van der Waals surface area (Å²) < 4.78 is 37.4. The molecule has 2 aromatic carbocycles. The van der Waals surface area contributed by atoms with Crippen molar-refractivity contribution < 1.29 is 17.3 Å². The molecule has 0 aliphatic rings. The number of rotatable bonds is 6. The number of anilines is 1. The summed E-state index contributed by atoms with van der Waals surface area (Å²) >= 11 is 12.1. The number of oxazole rings is 1. The molecule has 0 spiro atoms. The Morgan fingerprint density at radius 1 is 0.966 bits per heavy atom. The second-order valence-electron chi connectivity index (χ2n) is 6.02. The smallest absolute Gasteiger partial charge is 0.234 e. The Hall–Kier alpha value is -2.74. The average Bonchev–Trinajstić information content (AvgIpc) is 3.37. The molecule has 4 aromatic rings. The van der Waals surface area contributed by atoms with Gasteiger partial charge in [-0.3, -0.25) is 0 Å². The molecule has 0 atom stereocenters. The predicted molar refractivity (Wildman–Crippen MR) is 110 cm³/mol. The van der Waals surface area contributed by atoms with Gasteiger partial charge in [-0.05, 0) is 48.5 Å². The predicted octanol–water partition coefficient (Wildman–Crippen LogP) is 5.69. The van der Waals surface area contributed by atoms with Crippen molar-refractivity contribution in [2.75, 3.05) is 5.32 Å². The molecule has 0 amide bonds. The highest BCUT2D eigenvalue weighted by Gasteiger charge is 2.29. The van der Waals surface area contributed by atoms with E-state index < -0.39 is 9.84 Å². The fourth-order valence-electron chi connectivity index (χ4n) is 2.66. The van der Waals surface area contributed by atoms with Crippen LogP contribution >= 0.6 is 23.2 Å². The maximum absolute atomic E-state index is 13.2. The van der Waals surface area contributed by atoms with Crippen LogP contribution in [-0.2, 0) is 16.4 Å². The summed E-state index contributed by atoms with van der Waals surface area (Å²) in [7, 11) is -3.98. The van der Waals surface area contributed by atoms with Gasteiger partial charge in [-0.1, -0.05) is 35.3 Å². The number of aromatic nitrogens is 1. The van der Waals surface area contributed by atoms with Crippen LogP contribution in [0.5, 0.6) is 0 Å². The first-order valence-electron chi connectivity index (χ1n) is 8.48. The molecule has 2 aromatic heterocycles. The zero-order valence-electron chi connectivity index (χ0n) is 14.8. The molecular formula is C20H14Cl2N2O4S. The lowest BCUT2D eigenvalue weighted by Crippen LogP contribution is -2.07. The standard InChI is InChI=1S/C20H14Cl2N2O4S/c21-13-7-9-15(10-8-13)29(25,26)20-19(23-12-14-4-3-11-27-14)28-18(24-20)16-5-1-2-6-17(16)22/h1-11,23H,12H2. The number of sulfone groups is 1. The first-order valence-corrected chi connectivity index (χ1v) is 10.7. The fraction of sp³-hybridized carbons (Fsp3) is 0.0500. The van der Waals surface area contributed by atoms with Gasteiger partial charge >= 0.3 is 0 Å². The molecule has 4 rings (SSSR count). The third-order valence-corrected chi connectivity index (χ3v) is 6.34. The van der Waals surface area contributed by atoms with Crippen molar-refractivity contribution in [1.82, 2.24) is 4.98 Å². The van der Waals surface area contributed by atoms with E-state index in [1.165, 1.54) is 30.5 Å². The number of nitrogens with zero attached hydrogens (tertiary/aromatic N) is 1. The first-order chi connectivity index (χ1) is 13.9. The molecule has 0 fully saturated rings. The van der Waals surface area contributed by atoms with Gasteiger partial charge in [-0.25, -0.2) is 8.42 Å². The number of hydrogen-bond donors (Lipinski definition) is 1. The zero-order chi connectivity index (χ0) is 20.4. The van der Waals surface area contributed by atoms with Crippen LogP contribution in [0.15, 0.2) is 85.7 Å². The van der Waals surface area contributed by atoms with Crippen molar-refractivity contribution in [3.63, 3.8) is 0 Å². The van der Waals surface area contributed by atoms with Crippen molar-refractivity contribution in [3.8, 4) is 11.5 Å². The minimum Gasteiger partial charge on any atom is -0.467 e. The Morgan fingerprint density at radius 3 is 2.41 bits per heavy atom. The lowest BCUT2D eigenvalue weighted by molar-refractivity contribution is 0.511. The summed E-state index contributed by atoms with van der Waals surface area (Å²) in [5.41, 5.74) is 0.479. The number of hydrogen-bond acceptors (Lipinski definition) is 6. The molecule has 0 aliphatic heterocycles. The van der Waals surface area contributed by atoms with Crippen LogP contribution in [0.2, 0.25) is 10.0 Å². The lowest BCUT2D eigenvalue weighted by atomic mass is 10.2. The average molecular weight is 449 g/mol. The van der Waals surface area contributed by atoms with Gasteiger partial charge in [-0.2, -0.15) is 4.98 Å². The second kappa shape index (κ2) is 7.94. The third-order valence-electron chi connectivity index (χ3n) is 4.08. The van der Waals surface area contributed by atoms with Crippen molar-refractivity contribution in [3.05, 3.63) is 82.7 Å². The molecule has 9 heteroatoms. The minimum absolute atomic E-state index is 0.00808. The van der Waals surface area contributed by atoms with Gasteiger partial charge in [-0.15, -0.1) is 0 Å². The summed E-state index contributed by atoms with van der Waals surface area (Å²) in [6.07, 6.45) is 1.53. The highest BCUT2D eigenvalue weighted by molar-refractivity contribution is 7.91. The Morgan fingerprint density at radius 2 is 1.72 bits per heavy atom. The van der Waals surface area contributed by atoms with Crippen molar-refractivity contribution in [2.45, 2.75) is 16.5 Å². The van der Waals surface area contributed by atoms with E-state index in [9.17, 15) is 8.42 Å². The van der Waals surface area contributed by atoms with Crippen LogP contribution in [-0.4, -0.2) is 13.4 Å². The Labute approximate surface area is 177 Å². The van der Waals surface area contributed by atoms with Crippen molar-refractivity contribution >= 4 is 38.9 Å². The van der Waals surface area contributed by atoms with E-state index in [0.717, 1.165) is 0 Å². The SMILES string of the molecule is O=S(=O)(c1ccc(Cl)cc1)c1nc(-c2ccccc2Cl)oc1NCc1ccco1. The third kappa shape index (κ3) is 4.03. The molecule has 0 unspecified atom stereocenters. The van der Waals surface area contributed by atoms with Gasteiger partial charge in [0.2, 0.25) is 26.6 Å². The van der Waals surface area contributed by atoms with Crippen LogP contribution < -0.4 is 5.32 Å². The van der Waals surface area contributed by atoms with Gasteiger partial charge in [0, 0.05) is 5.02 Å². The van der Waals surface area contributed by atoms with E-state index in [1.807, 2.05) is 0 Å². The molecule has 2 heterocycles. The summed E-state index contributed by atoms with van der Waals surface area (Å²) in [6, 6.07) is 16.2. The number of nitrogens with one attached hydrogen (secondary N) is 1. The molecule has 148 valence electrons. The topological polar surface area (TPSA) is 85.3 Å². The molecule has 0 aliphatic carbocycles. The van der Waals surface area contributed by atoms with Crippen molar-refractivity contribution in [1.29, 1.82) is 0 Å². The van der Waals surface area contributed by atoms with E-state index in [-0.39, 0.29) is 28.2 Å². The number of benzene rings is 2. The molecule has 0 bridgehead atoms. The Balaban J connectivity index is 1.80. The fourth-order valence-corrected chi connectivity index (χ4v) is 4.28. The van der Waals surface area contributed by atoms with Crippen LogP contribution in [0.1, 0.15) is 5.76 Å². The number of furan rings is 1. The van der Waals surface area contributed by atoms with Crippen LogP contribution in [0.25, 0.3) is 11.5 Å². The maximum Gasteiger partial charge on any atom is 0.234 e. The van der Waals surface area contributed by atoms with E-state index in [1.54, 1.807) is 36.4 Å². The van der Waals surface area contributed by atoms with E-state index in [0.29, 0.717) is 21.4 Å². The Bertz CT molecular complexity index is 1230. The summed E-state index contributed by atoms with van der Waals surface area (Å²) in [6.45, 7) is 0.216. The monoisotopic (exact) mass is 448 g/mol. The van der Waals surface area contributed by atoms with Crippen LogP contribution in [0.4, 0.5) is 5.88 Å². The van der Waals surface area contributed by atoms with Crippen molar-refractivity contribution in [2.24, 2.45) is 0 Å². The quantitative estimate of drug-likeness (QED) is 0.407. The normalized spacial score (nSPS) is 11.5. The van der Waals surface area contributed by atoms with Gasteiger partial charge in [0.1, 0.15) is 5.76 Å². The van der Waals surface area contributed by atoms with E-state index in [2.05, 4.69) is 10.3 Å². The van der Waals surface area contributed by atoms with Gasteiger partial charge in [0.15, 0.2) is 0 Å². The van der Waals surface area contributed by atoms with Crippen LogP contribution in [0, 0.1) is 0 Å². The summed E-state index contributed by atoms with van der Waals surface area (Å²) in [5.74, 6) is 0.687. The van der Waals surface area contributed by atoms with Gasteiger partial charge in [0.25, 0.3) is 0 Å². The lowest BCUT2D eigenvalue weighted by Gasteiger charge is -2.05. The number of halogens is 2. The summed E-state index contributed by atoms with van der Waals surface area (Å²) in [5, 5.41) is 3.51. The molecule has 0 radical (unpaired) electrons. The highest BCUT2D eigenvalue weighted by Crippen LogP contribution is 2.35. The first kappa shape index (κ1) is 19.6. The zero-order valence-corrected chi connectivity index (χ0v) is 17.1. The molecule has 29 heavy (non-hydrogen) atoms. The molecular weight excluding hydrogens is 435 g/mol. The molecule has 6 nitrogen and oxygen atoms in total. The summed E-state index contributed by atoms with van der Waals surface area (Å²) in [4.78, 5) is 4.29. The molecule has 0 saturated heterocycles.